The summed E-state index contributed by atoms with van der Waals surface area (Å²) in [6.45, 7) is 1.52. The summed E-state index contributed by atoms with van der Waals surface area (Å²) in [6, 6.07) is 6.57. The van der Waals surface area contributed by atoms with Crippen LogP contribution in [0.25, 0.3) is 0 Å². The maximum Gasteiger partial charge on any atom is 0.342 e. The number of hydrazone groups is 1. The number of halogens is 1. The zero-order chi connectivity index (χ0) is 16.8. The summed E-state index contributed by atoms with van der Waals surface area (Å²) in [5.74, 6) is -0.630. The highest BCUT2D eigenvalue weighted by atomic mass is 79.9. The summed E-state index contributed by atoms with van der Waals surface area (Å²) in [7, 11) is 0. The minimum atomic E-state index is -0.781. The first-order chi connectivity index (χ1) is 11.0. The fourth-order valence-electron chi connectivity index (χ4n) is 1.53. The Bertz CT molecular complexity index is 827. The highest BCUT2D eigenvalue weighted by Crippen LogP contribution is 2.08. The fourth-order valence-corrected chi connectivity index (χ4v) is 1.80. The van der Waals surface area contributed by atoms with Crippen molar-refractivity contribution in [1.29, 1.82) is 0 Å². The van der Waals surface area contributed by atoms with Crippen molar-refractivity contribution in [3.8, 4) is 0 Å². The molecule has 1 amide bonds. The molecule has 0 aliphatic heterocycles. The molecule has 23 heavy (non-hydrogen) atoms. The summed E-state index contributed by atoms with van der Waals surface area (Å²) in [6.07, 6.45) is 1.49. The number of H-pyrrole nitrogens is 2. The van der Waals surface area contributed by atoms with Gasteiger partial charge in [0.15, 0.2) is 0 Å². The molecule has 120 valence electrons. The zero-order valence-electron chi connectivity index (χ0n) is 12.0. The first-order valence-corrected chi connectivity index (χ1v) is 7.29. The molecule has 4 N–H and O–H groups in total. The van der Waals surface area contributed by atoms with Crippen LogP contribution in [0.2, 0.25) is 0 Å². The number of hydrogen-bond donors (Lipinski definition) is 4. The van der Waals surface area contributed by atoms with Gasteiger partial charge in [-0.3, -0.25) is 14.6 Å². The lowest BCUT2D eigenvalue weighted by atomic mass is 10.2. The Labute approximate surface area is 138 Å². The van der Waals surface area contributed by atoms with Crippen molar-refractivity contribution >= 4 is 33.9 Å². The number of carbonyl (C=O) groups excluding carboxylic acids is 1. The van der Waals surface area contributed by atoms with E-state index in [1.807, 2.05) is 29.2 Å². The van der Waals surface area contributed by atoms with E-state index in [9.17, 15) is 14.4 Å². The van der Waals surface area contributed by atoms with E-state index in [2.05, 4.69) is 42.0 Å². The van der Waals surface area contributed by atoms with Crippen molar-refractivity contribution in [3.63, 3.8) is 0 Å². The molecule has 0 saturated carbocycles. The Kier molecular flexibility index (Phi) is 5.41. The van der Waals surface area contributed by atoms with Crippen LogP contribution in [0, 0.1) is 0 Å². The van der Waals surface area contributed by atoms with Gasteiger partial charge in [-0.15, -0.1) is 5.10 Å². The number of hydrogen-bond acceptors (Lipinski definition) is 6. The molecule has 0 aliphatic rings. The van der Waals surface area contributed by atoms with Crippen molar-refractivity contribution in [3.05, 3.63) is 55.1 Å². The van der Waals surface area contributed by atoms with E-state index in [0.717, 1.165) is 10.0 Å². The van der Waals surface area contributed by atoms with Gasteiger partial charge in [-0.05, 0) is 24.6 Å². The number of nitrogens with zero attached hydrogens (tertiary/aromatic N) is 2. The van der Waals surface area contributed by atoms with Gasteiger partial charge >= 0.3 is 5.69 Å². The average molecular weight is 381 g/mol. The van der Waals surface area contributed by atoms with Crippen molar-refractivity contribution in [1.82, 2.24) is 20.6 Å². The fraction of sp³-hybridized carbons (Fsp3) is 0.154. The smallest absolute Gasteiger partial charge is 0.342 e. The van der Waals surface area contributed by atoms with Crippen LogP contribution in [0.1, 0.15) is 12.5 Å². The summed E-state index contributed by atoms with van der Waals surface area (Å²) in [4.78, 5) is 36.2. The van der Waals surface area contributed by atoms with Gasteiger partial charge in [-0.1, -0.05) is 28.1 Å². The molecular weight excluding hydrogens is 368 g/mol. The second-order valence-corrected chi connectivity index (χ2v) is 5.42. The van der Waals surface area contributed by atoms with E-state index < -0.39 is 23.2 Å². The van der Waals surface area contributed by atoms with Crippen LogP contribution in [0.5, 0.6) is 0 Å². The van der Waals surface area contributed by atoms with Crippen LogP contribution < -0.4 is 22.0 Å². The first-order valence-electron chi connectivity index (χ1n) is 6.50. The number of benzene rings is 1. The van der Waals surface area contributed by atoms with Gasteiger partial charge in [0.1, 0.15) is 6.04 Å². The molecule has 2 aromatic rings. The molecule has 1 atom stereocenters. The van der Waals surface area contributed by atoms with E-state index in [0.29, 0.717) is 0 Å². The predicted molar refractivity (Wildman–Crippen MR) is 88.4 cm³/mol. The van der Waals surface area contributed by atoms with Crippen LogP contribution in [0.15, 0.2) is 43.4 Å². The minimum absolute atomic E-state index is 0.163. The summed E-state index contributed by atoms with van der Waals surface area (Å²) >= 11 is 3.32. The maximum atomic E-state index is 11.9. The molecule has 0 radical (unpaired) electrons. The van der Waals surface area contributed by atoms with Crippen LogP contribution in [0.4, 0.5) is 5.82 Å². The first kappa shape index (κ1) is 16.6. The minimum Gasteiger partial charge on any atom is -0.353 e. The summed E-state index contributed by atoms with van der Waals surface area (Å²) < 4.78 is 0.940. The number of rotatable bonds is 5. The van der Waals surface area contributed by atoms with Crippen molar-refractivity contribution < 1.29 is 4.79 Å². The van der Waals surface area contributed by atoms with Gasteiger partial charge in [0.05, 0.1) is 6.21 Å². The van der Waals surface area contributed by atoms with Gasteiger partial charge in [0.25, 0.3) is 11.5 Å². The molecule has 1 unspecified atom stereocenters. The van der Waals surface area contributed by atoms with Gasteiger partial charge in [-0.2, -0.15) is 5.10 Å². The number of aromatic amines is 2. The number of anilines is 1. The quantitative estimate of drug-likeness (QED) is 0.433. The Hall–Kier alpha value is -2.75. The largest absolute Gasteiger partial charge is 0.353 e. The van der Waals surface area contributed by atoms with E-state index in [1.165, 1.54) is 13.1 Å². The number of amides is 1. The van der Waals surface area contributed by atoms with Gasteiger partial charge < -0.3 is 5.32 Å². The molecule has 9 nitrogen and oxygen atoms in total. The third-order valence-corrected chi connectivity index (χ3v) is 3.24. The lowest BCUT2D eigenvalue weighted by Crippen LogP contribution is -2.38. The molecule has 0 spiro atoms. The standard InChI is InChI=1S/C13H13BrN6O3/c1-7(16-10-12(22)17-13(23)20-18-10)11(21)19-15-6-8-2-4-9(14)5-3-8/h2-7H,1H3,(H,16,18)(H,19,21)(H2,17,20,22,23). The Morgan fingerprint density at radius 2 is 2.04 bits per heavy atom. The van der Waals surface area contributed by atoms with E-state index in [-0.39, 0.29) is 5.82 Å². The molecule has 2 rings (SSSR count). The lowest BCUT2D eigenvalue weighted by molar-refractivity contribution is -0.121. The Balaban J connectivity index is 1.93. The van der Waals surface area contributed by atoms with Crippen molar-refractivity contribution in [2.45, 2.75) is 13.0 Å². The molecule has 1 aromatic carbocycles. The maximum absolute atomic E-state index is 11.9. The van der Waals surface area contributed by atoms with Gasteiger partial charge in [-0.25, -0.2) is 15.3 Å². The predicted octanol–water partition coefficient (Wildman–Crippen LogP) is 0.171. The van der Waals surface area contributed by atoms with E-state index in [1.54, 1.807) is 0 Å². The van der Waals surface area contributed by atoms with Crippen LogP contribution in [-0.4, -0.2) is 33.3 Å². The van der Waals surface area contributed by atoms with E-state index >= 15 is 0 Å². The SMILES string of the molecule is CC(Nc1n[nH]c(=O)[nH]c1=O)C(=O)NN=Cc1ccc(Br)cc1. The second-order valence-electron chi connectivity index (χ2n) is 4.51. The average Bonchev–Trinajstić information content (AvgIpc) is 2.51. The number of carbonyl (C=O) groups is 1. The molecule has 0 saturated heterocycles. The molecule has 0 fully saturated rings. The van der Waals surface area contributed by atoms with Crippen LogP contribution in [-0.2, 0) is 4.79 Å². The van der Waals surface area contributed by atoms with Crippen molar-refractivity contribution in [2.75, 3.05) is 5.32 Å². The number of nitrogens with one attached hydrogen (secondary N) is 4. The second kappa shape index (κ2) is 7.49. The summed E-state index contributed by atoms with van der Waals surface area (Å²) in [5.41, 5.74) is 1.71. The molecule has 10 heteroatoms. The molecule has 1 heterocycles. The molecule has 0 bridgehead atoms. The number of aromatic nitrogens is 3. The van der Waals surface area contributed by atoms with Gasteiger partial charge in [0.2, 0.25) is 5.82 Å². The monoisotopic (exact) mass is 380 g/mol. The van der Waals surface area contributed by atoms with Crippen molar-refractivity contribution in [2.24, 2.45) is 5.10 Å². The van der Waals surface area contributed by atoms with Crippen LogP contribution >= 0.6 is 15.9 Å². The third kappa shape index (κ3) is 4.88. The third-order valence-electron chi connectivity index (χ3n) is 2.72. The highest BCUT2D eigenvalue weighted by Gasteiger charge is 2.14. The highest BCUT2D eigenvalue weighted by molar-refractivity contribution is 9.10. The van der Waals surface area contributed by atoms with Crippen LogP contribution in [0.3, 0.4) is 0 Å². The molecular formula is C13H13BrN6O3. The molecule has 1 aromatic heterocycles. The topological polar surface area (TPSA) is 132 Å². The Morgan fingerprint density at radius 1 is 1.35 bits per heavy atom. The van der Waals surface area contributed by atoms with E-state index in [4.69, 9.17) is 0 Å². The Morgan fingerprint density at radius 3 is 2.70 bits per heavy atom. The molecule has 0 aliphatic carbocycles. The lowest BCUT2D eigenvalue weighted by Gasteiger charge is -2.11. The normalized spacial score (nSPS) is 12.1. The van der Waals surface area contributed by atoms with Gasteiger partial charge in [0, 0.05) is 4.47 Å². The summed E-state index contributed by atoms with van der Waals surface area (Å²) in [5, 5.41) is 12.0. The zero-order valence-corrected chi connectivity index (χ0v) is 13.5.